The van der Waals surface area contributed by atoms with E-state index in [1.54, 1.807) is 18.2 Å². The maximum atomic E-state index is 12.0. The number of aromatic hydroxyl groups is 1. The fourth-order valence-electron chi connectivity index (χ4n) is 2.14. The van der Waals surface area contributed by atoms with E-state index in [1.807, 2.05) is 11.0 Å². The molecule has 0 aromatic heterocycles. The standard InChI is InChI=1S/C13H16BrNO2/c14-8-11-4-5-15(9-11)13(17)7-10-2-1-3-12(16)6-10/h1-3,6,11,16H,4-5,7-9H2. The molecule has 0 aliphatic carbocycles. The number of benzene rings is 1. The molecule has 1 fully saturated rings. The summed E-state index contributed by atoms with van der Waals surface area (Å²) in [6.45, 7) is 1.71. The molecule has 92 valence electrons. The van der Waals surface area contributed by atoms with E-state index >= 15 is 0 Å². The van der Waals surface area contributed by atoms with Crippen molar-refractivity contribution in [3.05, 3.63) is 29.8 Å². The second-order valence-corrected chi connectivity index (χ2v) is 5.14. The smallest absolute Gasteiger partial charge is 0.227 e. The fourth-order valence-corrected chi connectivity index (χ4v) is 2.67. The van der Waals surface area contributed by atoms with E-state index in [2.05, 4.69) is 15.9 Å². The number of nitrogens with zero attached hydrogens (tertiary/aromatic N) is 1. The van der Waals surface area contributed by atoms with Gasteiger partial charge in [-0.05, 0) is 30.0 Å². The number of carbonyl (C=O) groups excluding carboxylic acids is 1. The van der Waals surface area contributed by atoms with E-state index in [0.717, 1.165) is 30.4 Å². The molecule has 1 aliphatic heterocycles. The van der Waals surface area contributed by atoms with Crippen LogP contribution in [0.25, 0.3) is 0 Å². The predicted octanol–water partition coefficient (Wildman–Crippen LogP) is 2.18. The first-order valence-electron chi connectivity index (χ1n) is 5.80. The quantitative estimate of drug-likeness (QED) is 0.869. The van der Waals surface area contributed by atoms with Gasteiger partial charge in [0, 0.05) is 18.4 Å². The lowest BCUT2D eigenvalue weighted by molar-refractivity contribution is -0.129. The monoisotopic (exact) mass is 297 g/mol. The minimum Gasteiger partial charge on any atom is -0.508 e. The number of hydrogen-bond donors (Lipinski definition) is 1. The minimum absolute atomic E-state index is 0.152. The number of rotatable bonds is 3. The summed E-state index contributed by atoms with van der Waals surface area (Å²) in [6.07, 6.45) is 1.46. The molecular formula is C13H16BrNO2. The Hall–Kier alpha value is -1.03. The molecular weight excluding hydrogens is 282 g/mol. The summed E-state index contributed by atoms with van der Waals surface area (Å²) >= 11 is 3.46. The van der Waals surface area contributed by atoms with Gasteiger partial charge in [-0.15, -0.1) is 0 Å². The molecule has 1 amide bonds. The van der Waals surface area contributed by atoms with E-state index in [0.29, 0.717) is 12.3 Å². The SMILES string of the molecule is O=C(Cc1cccc(O)c1)N1CCC(CBr)C1. The molecule has 2 rings (SSSR count). The van der Waals surface area contributed by atoms with E-state index in [-0.39, 0.29) is 11.7 Å². The number of phenols is 1. The van der Waals surface area contributed by atoms with Crippen LogP contribution in [0.1, 0.15) is 12.0 Å². The predicted molar refractivity (Wildman–Crippen MR) is 70.3 cm³/mol. The number of alkyl halides is 1. The van der Waals surface area contributed by atoms with Gasteiger partial charge in [0.15, 0.2) is 0 Å². The lowest BCUT2D eigenvalue weighted by Gasteiger charge is -2.16. The number of hydrogen-bond acceptors (Lipinski definition) is 2. The second-order valence-electron chi connectivity index (χ2n) is 4.50. The Balaban J connectivity index is 1.93. The van der Waals surface area contributed by atoms with Gasteiger partial charge in [0.2, 0.25) is 5.91 Å². The van der Waals surface area contributed by atoms with Crippen LogP contribution in [0.5, 0.6) is 5.75 Å². The molecule has 1 aromatic carbocycles. The molecule has 1 heterocycles. The molecule has 1 aliphatic rings. The largest absolute Gasteiger partial charge is 0.508 e. The van der Waals surface area contributed by atoms with E-state index in [1.165, 1.54) is 0 Å². The lowest BCUT2D eigenvalue weighted by Crippen LogP contribution is -2.30. The van der Waals surface area contributed by atoms with Crippen molar-refractivity contribution in [3.63, 3.8) is 0 Å². The second kappa shape index (κ2) is 5.54. The molecule has 17 heavy (non-hydrogen) atoms. The highest BCUT2D eigenvalue weighted by atomic mass is 79.9. The first-order valence-corrected chi connectivity index (χ1v) is 6.93. The van der Waals surface area contributed by atoms with Crippen molar-refractivity contribution in [3.8, 4) is 5.75 Å². The van der Waals surface area contributed by atoms with Gasteiger partial charge in [-0.2, -0.15) is 0 Å². The number of halogens is 1. The summed E-state index contributed by atoms with van der Waals surface area (Å²) in [4.78, 5) is 13.9. The minimum atomic E-state index is 0.152. The summed E-state index contributed by atoms with van der Waals surface area (Å²) < 4.78 is 0. The summed E-state index contributed by atoms with van der Waals surface area (Å²) in [5.74, 6) is 0.956. The van der Waals surface area contributed by atoms with Crippen LogP contribution in [0.15, 0.2) is 24.3 Å². The molecule has 1 unspecified atom stereocenters. The van der Waals surface area contributed by atoms with E-state index in [4.69, 9.17) is 0 Å². The molecule has 0 radical (unpaired) electrons. The highest BCUT2D eigenvalue weighted by Gasteiger charge is 2.25. The lowest BCUT2D eigenvalue weighted by atomic mass is 10.1. The van der Waals surface area contributed by atoms with E-state index < -0.39 is 0 Å². The van der Waals surface area contributed by atoms with Crippen molar-refractivity contribution in [2.45, 2.75) is 12.8 Å². The highest BCUT2D eigenvalue weighted by Crippen LogP contribution is 2.19. The number of amides is 1. The molecule has 4 heteroatoms. The third kappa shape index (κ3) is 3.22. The Morgan fingerprint density at radius 2 is 2.35 bits per heavy atom. The zero-order valence-corrected chi connectivity index (χ0v) is 11.2. The first kappa shape index (κ1) is 12.4. The molecule has 1 N–H and O–H groups in total. The highest BCUT2D eigenvalue weighted by molar-refractivity contribution is 9.09. The van der Waals surface area contributed by atoms with Crippen LogP contribution in [0.2, 0.25) is 0 Å². The van der Waals surface area contributed by atoms with Crippen molar-refractivity contribution in [1.29, 1.82) is 0 Å². The topological polar surface area (TPSA) is 40.5 Å². The van der Waals surface area contributed by atoms with Gasteiger partial charge in [0.05, 0.1) is 6.42 Å². The average Bonchev–Trinajstić information content (AvgIpc) is 2.77. The van der Waals surface area contributed by atoms with Crippen molar-refractivity contribution in [2.75, 3.05) is 18.4 Å². The van der Waals surface area contributed by atoms with Crippen LogP contribution in [-0.4, -0.2) is 34.3 Å². The molecule has 3 nitrogen and oxygen atoms in total. The summed E-state index contributed by atoms with van der Waals surface area (Å²) in [7, 11) is 0. The van der Waals surface area contributed by atoms with Gasteiger partial charge in [-0.25, -0.2) is 0 Å². The summed E-state index contributed by atoms with van der Waals surface area (Å²) in [5.41, 5.74) is 0.872. The Labute approximate surface area is 110 Å². The summed E-state index contributed by atoms with van der Waals surface area (Å²) in [6, 6.07) is 6.90. The zero-order chi connectivity index (χ0) is 12.3. The molecule has 0 bridgehead atoms. The molecule has 1 atom stereocenters. The Bertz CT molecular complexity index is 408. The van der Waals surface area contributed by atoms with Crippen LogP contribution < -0.4 is 0 Å². The molecule has 0 saturated carbocycles. The zero-order valence-electron chi connectivity index (χ0n) is 9.60. The Morgan fingerprint density at radius 3 is 3.00 bits per heavy atom. The van der Waals surface area contributed by atoms with Gasteiger partial charge in [-0.1, -0.05) is 28.1 Å². The molecule has 1 saturated heterocycles. The van der Waals surface area contributed by atoms with Crippen molar-refractivity contribution >= 4 is 21.8 Å². The van der Waals surface area contributed by atoms with Gasteiger partial charge in [-0.3, -0.25) is 4.79 Å². The first-order chi connectivity index (χ1) is 8.19. The van der Waals surface area contributed by atoms with Crippen LogP contribution in [0.4, 0.5) is 0 Å². The molecule has 1 aromatic rings. The Morgan fingerprint density at radius 1 is 1.53 bits per heavy atom. The number of likely N-dealkylation sites (tertiary alicyclic amines) is 1. The fraction of sp³-hybridized carbons (Fsp3) is 0.462. The Kier molecular flexibility index (Phi) is 4.05. The van der Waals surface area contributed by atoms with Crippen LogP contribution in [0.3, 0.4) is 0 Å². The normalized spacial score (nSPS) is 19.6. The average molecular weight is 298 g/mol. The number of carbonyl (C=O) groups is 1. The third-order valence-corrected chi connectivity index (χ3v) is 4.04. The summed E-state index contributed by atoms with van der Waals surface area (Å²) in [5, 5.41) is 10.3. The van der Waals surface area contributed by atoms with Gasteiger partial charge in [0.25, 0.3) is 0 Å². The van der Waals surface area contributed by atoms with Crippen LogP contribution in [0, 0.1) is 5.92 Å². The van der Waals surface area contributed by atoms with Gasteiger partial charge >= 0.3 is 0 Å². The maximum Gasteiger partial charge on any atom is 0.227 e. The van der Waals surface area contributed by atoms with E-state index in [9.17, 15) is 9.90 Å². The van der Waals surface area contributed by atoms with Crippen LogP contribution in [-0.2, 0) is 11.2 Å². The third-order valence-electron chi connectivity index (χ3n) is 3.12. The number of phenolic OH excluding ortho intramolecular Hbond substituents is 1. The van der Waals surface area contributed by atoms with Crippen molar-refractivity contribution in [1.82, 2.24) is 4.90 Å². The van der Waals surface area contributed by atoms with Crippen molar-refractivity contribution in [2.24, 2.45) is 5.92 Å². The maximum absolute atomic E-state index is 12.0. The van der Waals surface area contributed by atoms with Crippen molar-refractivity contribution < 1.29 is 9.90 Å². The van der Waals surface area contributed by atoms with Crippen LogP contribution >= 0.6 is 15.9 Å². The molecule has 0 spiro atoms. The van der Waals surface area contributed by atoms with Gasteiger partial charge in [0.1, 0.15) is 5.75 Å². The van der Waals surface area contributed by atoms with Gasteiger partial charge < -0.3 is 10.0 Å².